The van der Waals surface area contributed by atoms with Crippen LogP contribution in [0.4, 0.5) is 0 Å². The summed E-state index contributed by atoms with van der Waals surface area (Å²) < 4.78 is 3.93. The van der Waals surface area contributed by atoms with Gasteiger partial charge in [0.25, 0.3) is 0 Å². The number of unbranched alkanes of at least 4 members (excludes halogenated alkanes) is 9. The fourth-order valence-electron chi connectivity index (χ4n) is 2.43. The van der Waals surface area contributed by atoms with Crippen LogP contribution in [0.25, 0.3) is 6.08 Å². The van der Waals surface area contributed by atoms with E-state index in [-0.39, 0.29) is 20.9 Å². The fraction of sp³-hybridized carbons (Fsp3) is 0.600. The summed E-state index contributed by atoms with van der Waals surface area (Å²) in [5.74, 6) is 0. The molecule has 0 fully saturated rings. The van der Waals surface area contributed by atoms with Crippen molar-refractivity contribution in [2.24, 2.45) is 0 Å². The molecule has 0 aliphatic rings. The Hall–Kier alpha value is -0.250. The summed E-state index contributed by atoms with van der Waals surface area (Å²) in [5.41, 5.74) is 1.35. The monoisotopic (exact) mass is 402 g/mol. The van der Waals surface area contributed by atoms with Crippen molar-refractivity contribution in [3.05, 3.63) is 40.0 Å². The Bertz CT molecular complexity index is 342. The third-order valence-corrected chi connectivity index (χ3v) is 6.21. The van der Waals surface area contributed by atoms with Crippen LogP contribution in [-0.4, -0.2) is 20.9 Å². The van der Waals surface area contributed by atoms with Gasteiger partial charge in [0, 0.05) is 0 Å². The second-order valence-corrected chi connectivity index (χ2v) is 8.66. The van der Waals surface area contributed by atoms with Gasteiger partial charge in [-0.05, 0) is 0 Å². The SMILES string of the molecule is CCCCCCCCCCCC[Te]/C=C/c1ccccc1. The summed E-state index contributed by atoms with van der Waals surface area (Å²) in [6, 6.07) is 10.7. The van der Waals surface area contributed by atoms with Crippen LogP contribution >= 0.6 is 0 Å². The minimum atomic E-state index is 0.110. The van der Waals surface area contributed by atoms with Gasteiger partial charge < -0.3 is 0 Å². The van der Waals surface area contributed by atoms with Crippen molar-refractivity contribution in [1.82, 2.24) is 0 Å². The maximum absolute atomic E-state index is 2.45. The molecule has 21 heavy (non-hydrogen) atoms. The van der Waals surface area contributed by atoms with Crippen LogP contribution in [0, 0.1) is 0 Å². The first-order valence-corrected chi connectivity index (χ1v) is 11.8. The molecule has 0 aliphatic carbocycles. The van der Waals surface area contributed by atoms with E-state index in [1.807, 2.05) is 0 Å². The van der Waals surface area contributed by atoms with Crippen LogP contribution in [-0.2, 0) is 0 Å². The first-order valence-electron chi connectivity index (χ1n) is 8.76. The van der Waals surface area contributed by atoms with Crippen molar-refractivity contribution in [3.63, 3.8) is 0 Å². The van der Waals surface area contributed by atoms with E-state index in [2.05, 4.69) is 47.5 Å². The Morgan fingerprint density at radius 1 is 0.762 bits per heavy atom. The quantitative estimate of drug-likeness (QED) is 0.255. The number of hydrogen-bond donors (Lipinski definition) is 0. The van der Waals surface area contributed by atoms with Crippen LogP contribution in [0.15, 0.2) is 34.5 Å². The van der Waals surface area contributed by atoms with Gasteiger partial charge in [0.2, 0.25) is 0 Å². The third-order valence-electron chi connectivity index (χ3n) is 3.77. The van der Waals surface area contributed by atoms with Gasteiger partial charge >= 0.3 is 143 Å². The van der Waals surface area contributed by atoms with E-state index in [0.29, 0.717) is 0 Å². The molecule has 0 saturated carbocycles. The van der Waals surface area contributed by atoms with Gasteiger partial charge in [-0.3, -0.25) is 0 Å². The molecule has 0 nitrogen and oxygen atoms in total. The van der Waals surface area contributed by atoms with Crippen molar-refractivity contribution in [2.45, 2.75) is 75.6 Å². The zero-order valence-electron chi connectivity index (χ0n) is 13.7. The molecule has 0 atom stereocenters. The van der Waals surface area contributed by atoms with Gasteiger partial charge in [-0.25, -0.2) is 0 Å². The van der Waals surface area contributed by atoms with Gasteiger partial charge in [-0.15, -0.1) is 0 Å². The molecule has 1 heteroatoms. The molecule has 0 unspecified atom stereocenters. The van der Waals surface area contributed by atoms with E-state index < -0.39 is 0 Å². The second-order valence-electron chi connectivity index (χ2n) is 5.77. The molecule has 0 heterocycles. The van der Waals surface area contributed by atoms with Gasteiger partial charge in [0.1, 0.15) is 0 Å². The van der Waals surface area contributed by atoms with Crippen molar-refractivity contribution < 1.29 is 0 Å². The zero-order valence-corrected chi connectivity index (χ0v) is 16.1. The predicted octanol–water partition coefficient (Wildman–Crippen LogP) is 6.70. The molecule has 0 spiro atoms. The fourth-order valence-corrected chi connectivity index (χ4v) is 4.60. The van der Waals surface area contributed by atoms with Crippen molar-refractivity contribution in [1.29, 1.82) is 0 Å². The molecule has 0 amide bonds. The first-order chi connectivity index (χ1) is 10.4. The first kappa shape index (κ1) is 18.8. The Balaban J connectivity index is 1.82. The normalized spacial score (nSPS) is 11.3. The molecule has 118 valence electrons. The summed E-state index contributed by atoms with van der Waals surface area (Å²) in [5, 5.41) is 0. The number of benzene rings is 1. The third kappa shape index (κ3) is 12.0. The van der Waals surface area contributed by atoms with Gasteiger partial charge in [0.05, 0.1) is 0 Å². The summed E-state index contributed by atoms with van der Waals surface area (Å²) in [6.07, 6.45) is 16.8. The molecule has 1 aromatic carbocycles. The summed E-state index contributed by atoms with van der Waals surface area (Å²) >= 11 is 0.110. The van der Waals surface area contributed by atoms with Crippen molar-refractivity contribution >= 4 is 27.0 Å². The number of rotatable bonds is 13. The van der Waals surface area contributed by atoms with Gasteiger partial charge in [-0.1, -0.05) is 0 Å². The topological polar surface area (TPSA) is 0 Å². The summed E-state index contributed by atoms with van der Waals surface area (Å²) in [6.45, 7) is 2.29. The molecule has 0 N–H and O–H groups in total. The second kappa shape index (κ2) is 14.7. The van der Waals surface area contributed by atoms with Crippen LogP contribution in [0.5, 0.6) is 0 Å². The van der Waals surface area contributed by atoms with E-state index in [9.17, 15) is 0 Å². The molecule has 1 aromatic rings. The maximum atomic E-state index is 2.45. The van der Waals surface area contributed by atoms with Crippen molar-refractivity contribution in [3.8, 4) is 0 Å². The van der Waals surface area contributed by atoms with Gasteiger partial charge in [-0.2, -0.15) is 0 Å². The Kier molecular flexibility index (Phi) is 13.1. The minimum absolute atomic E-state index is 0.110. The van der Waals surface area contributed by atoms with E-state index in [1.165, 1.54) is 74.2 Å². The Morgan fingerprint density at radius 3 is 1.95 bits per heavy atom. The molecule has 0 aromatic heterocycles. The molecule has 0 aliphatic heterocycles. The van der Waals surface area contributed by atoms with Crippen LogP contribution in [0.2, 0.25) is 4.47 Å². The van der Waals surface area contributed by atoms with Crippen LogP contribution < -0.4 is 0 Å². The number of hydrogen-bond acceptors (Lipinski definition) is 0. The molecular weight excluding hydrogens is 368 g/mol. The zero-order chi connectivity index (χ0) is 15.0. The standard InChI is InChI=1S/C20H32Te/c1-2-3-4-5-6-7-8-9-10-14-18-21-19-17-20-15-12-11-13-16-20/h11-13,15-17,19H,2-10,14,18H2,1H3/b19-17+. The molecule has 0 bridgehead atoms. The van der Waals surface area contributed by atoms with E-state index >= 15 is 0 Å². The van der Waals surface area contributed by atoms with E-state index in [0.717, 1.165) is 0 Å². The van der Waals surface area contributed by atoms with E-state index in [4.69, 9.17) is 0 Å². The van der Waals surface area contributed by atoms with Crippen LogP contribution in [0.3, 0.4) is 0 Å². The van der Waals surface area contributed by atoms with E-state index in [1.54, 1.807) is 0 Å². The summed E-state index contributed by atoms with van der Waals surface area (Å²) in [4.78, 5) is 0. The molecule has 1 rings (SSSR count). The molecule has 0 radical (unpaired) electrons. The average molecular weight is 400 g/mol. The van der Waals surface area contributed by atoms with Crippen LogP contribution in [0.1, 0.15) is 76.7 Å². The average Bonchev–Trinajstić information content (AvgIpc) is 2.53. The Labute approximate surface area is 142 Å². The predicted molar refractivity (Wildman–Crippen MR) is 97.9 cm³/mol. The van der Waals surface area contributed by atoms with Gasteiger partial charge in [0.15, 0.2) is 0 Å². The van der Waals surface area contributed by atoms with Crippen molar-refractivity contribution in [2.75, 3.05) is 0 Å². The Morgan fingerprint density at radius 2 is 1.33 bits per heavy atom. The molecule has 0 saturated heterocycles. The summed E-state index contributed by atoms with van der Waals surface area (Å²) in [7, 11) is 0. The molecular formula is C20H32Te.